The summed E-state index contributed by atoms with van der Waals surface area (Å²) in [5.41, 5.74) is 2.78. The fraction of sp³-hybridized carbons (Fsp3) is 0.0714. The van der Waals surface area contributed by atoms with Gasteiger partial charge in [-0.05, 0) is 28.8 Å². The number of nitrogens with one attached hydrogen (secondary N) is 2. The van der Waals surface area contributed by atoms with E-state index in [1.54, 1.807) is 0 Å². The minimum absolute atomic E-state index is 0.337. The summed E-state index contributed by atoms with van der Waals surface area (Å²) in [4.78, 5) is 0. The lowest BCUT2D eigenvalue weighted by Gasteiger charge is -2.10. The quantitative estimate of drug-likeness (QED) is 0.766. The highest BCUT2D eigenvalue weighted by atomic mass is 35.5. The molecular formula is C14H11Cl2N5. The van der Waals surface area contributed by atoms with Gasteiger partial charge in [0.2, 0.25) is 0 Å². The highest BCUT2D eigenvalue weighted by molar-refractivity contribution is 6.44. The zero-order chi connectivity index (χ0) is 14.7. The first-order chi connectivity index (χ1) is 10.2. The minimum Gasteiger partial charge on any atom is -0.320 e. The molecule has 1 aromatic heterocycles. The Labute approximate surface area is 131 Å². The molecule has 21 heavy (non-hydrogen) atoms. The molecule has 0 bridgehead atoms. The summed E-state index contributed by atoms with van der Waals surface area (Å²) in [6.07, 6.45) is 0.724. The Balaban J connectivity index is 1.86. The Morgan fingerprint density at radius 1 is 1.00 bits per heavy atom. The van der Waals surface area contributed by atoms with Crippen molar-refractivity contribution in [1.29, 1.82) is 0 Å². The maximum Gasteiger partial charge on any atom is 0.267 e. The van der Waals surface area contributed by atoms with E-state index in [9.17, 15) is 0 Å². The number of H-pyrrole nitrogens is 1. The molecule has 0 aliphatic rings. The van der Waals surface area contributed by atoms with E-state index in [2.05, 4.69) is 38.1 Å². The van der Waals surface area contributed by atoms with E-state index in [0.717, 1.165) is 12.0 Å². The molecule has 0 aliphatic heterocycles. The van der Waals surface area contributed by atoms with E-state index in [4.69, 9.17) is 23.2 Å². The highest BCUT2D eigenvalue weighted by Crippen LogP contribution is 2.35. The Morgan fingerprint density at radius 2 is 1.81 bits per heavy atom. The number of hydrogen-bond donors (Lipinski definition) is 2. The summed E-state index contributed by atoms with van der Waals surface area (Å²) in [6, 6.07) is 13.9. The van der Waals surface area contributed by atoms with Crippen LogP contribution in [0.4, 0.5) is 11.6 Å². The zero-order valence-electron chi connectivity index (χ0n) is 10.8. The summed E-state index contributed by atoms with van der Waals surface area (Å²) >= 11 is 12.7. The van der Waals surface area contributed by atoms with Crippen LogP contribution in [0.1, 0.15) is 11.1 Å². The van der Waals surface area contributed by atoms with Crippen molar-refractivity contribution in [2.45, 2.75) is 6.42 Å². The topological polar surface area (TPSA) is 66.5 Å². The number of tetrazole rings is 1. The van der Waals surface area contributed by atoms with Crippen LogP contribution in [0.25, 0.3) is 0 Å². The van der Waals surface area contributed by atoms with E-state index in [0.29, 0.717) is 21.7 Å². The van der Waals surface area contributed by atoms with Gasteiger partial charge in [0.1, 0.15) is 0 Å². The summed E-state index contributed by atoms with van der Waals surface area (Å²) in [5.74, 6) is 0.337. The average Bonchev–Trinajstić information content (AvgIpc) is 3.01. The summed E-state index contributed by atoms with van der Waals surface area (Å²) in [5, 5.41) is 17.4. The first kappa shape index (κ1) is 13.9. The highest BCUT2D eigenvalue weighted by Gasteiger charge is 2.11. The maximum absolute atomic E-state index is 6.35. The molecule has 0 aliphatic carbocycles. The minimum atomic E-state index is 0.337. The van der Waals surface area contributed by atoms with Crippen molar-refractivity contribution < 1.29 is 0 Å². The SMILES string of the molecule is Clc1c(Cc2ccccc2)ccc(Nc2nn[nH]n2)c1Cl. The molecule has 106 valence electrons. The van der Waals surface area contributed by atoms with E-state index in [-0.39, 0.29) is 0 Å². The van der Waals surface area contributed by atoms with Crippen LogP contribution in [0.3, 0.4) is 0 Å². The summed E-state index contributed by atoms with van der Waals surface area (Å²) < 4.78 is 0. The zero-order valence-corrected chi connectivity index (χ0v) is 12.4. The Kier molecular flexibility index (Phi) is 4.03. The second kappa shape index (κ2) is 6.11. The number of anilines is 2. The van der Waals surface area contributed by atoms with E-state index in [1.807, 2.05) is 30.3 Å². The molecule has 0 spiro atoms. The second-order valence-corrected chi connectivity index (χ2v) is 5.18. The lowest BCUT2D eigenvalue weighted by molar-refractivity contribution is 0.881. The largest absolute Gasteiger partial charge is 0.320 e. The van der Waals surface area contributed by atoms with E-state index >= 15 is 0 Å². The molecule has 0 amide bonds. The van der Waals surface area contributed by atoms with Gasteiger partial charge in [0, 0.05) is 0 Å². The van der Waals surface area contributed by atoms with E-state index in [1.165, 1.54) is 5.56 Å². The predicted octanol–water partition coefficient (Wildman–Crippen LogP) is 3.84. The van der Waals surface area contributed by atoms with Gasteiger partial charge in [-0.3, -0.25) is 0 Å². The van der Waals surface area contributed by atoms with Crippen molar-refractivity contribution in [3.05, 3.63) is 63.6 Å². The maximum atomic E-state index is 6.35. The van der Waals surface area contributed by atoms with Crippen molar-refractivity contribution in [2.24, 2.45) is 0 Å². The fourth-order valence-electron chi connectivity index (χ4n) is 1.97. The van der Waals surface area contributed by atoms with Crippen LogP contribution in [0, 0.1) is 0 Å². The monoisotopic (exact) mass is 319 g/mol. The van der Waals surface area contributed by atoms with Crippen LogP contribution in [0.5, 0.6) is 0 Å². The Hall–Kier alpha value is -2.11. The molecular weight excluding hydrogens is 309 g/mol. The molecule has 0 atom stereocenters. The van der Waals surface area contributed by atoms with Gasteiger partial charge in [-0.25, -0.2) is 0 Å². The Bertz CT molecular complexity index is 729. The lowest BCUT2D eigenvalue weighted by Crippen LogP contribution is -1.96. The van der Waals surface area contributed by atoms with Gasteiger partial charge >= 0.3 is 0 Å². The van der Waals surface area contributed by atoms with Gasteiger partial charge in [-0.1, -0.05) is 64.7 Å². The van der Waals surface area contributed by atoms with Crippen LogP contribution < -0.4 is 5.32 Å². The number of halogens is 2. The third-order valence-electron chi connectivity index (χ3n) is 2.99. The second-order valence-electron chi connectivity index (χ2n) is 4.42. The summed E-state index contributed by atoms with van der Waals surface area (Å²) in [6.45, 7) is 0. The first-order valence-corrected chi connectivity index (χ1v) is 7.01. The average molecular weight is 320 g/mol. The third kappa shape index (κ3) is 3.15. The molecule has 0 unspecified atom stereocenters. The van der Waals surface area contributed by atoms with Gasteiger partial charge < -0.3 is 5.32 Å². The third-order valence-corrected chi connectivity index (χ3v) is 3.91. The summed E-state index contributed by atoms with van der Waals surface area (Å²) in [7, 11) is 0. The smallest absolute Gasteiger partial charge is 0.267 e. The normalized spacial score (nSPS) is 10.6. The van der Waals surface area contributed by atoms with Crippen molar-refractivity contribution in [2.75, 3.05) is 5.32 Å². The molecule has 3 rings (SSSR count). The lowest BCUT2D eigenvalue weighted by atomic mass is 10.0. The first-order valence-electron chi connectivity index (χ1n) is 6.25. The van der Waals surface area contributed by atoms with Crippen LogP contribution in [0.2, 0.25) is 10.0 Å². The van der Waals surface area contributed by atoms with Crippen LogP contribution >= 0.6 is 23.2 Å². The molecule has 1 heterocycles. The molecule has 2 N–H and O–H groups in total. The van der Waals surface area contributed by atoms with Gasteiger partial charge in [-0.15, -0.1) is 5.10 Å². The van der Waals surface area contributed by atoms with Gasteiger partial charge in [0.05, 0.1) is 15.7 Å². The molecule has 7 heteroatoms. The molecule has 0 fully saturated rings. The number of rotatable bonds is 4. The number of aromatic amines is 1. The number of benzene rings is 2. The van der Waals surface area contributed by atoms with Gasteiger partial charge in [0.25, 0.3) is 5.95 Å². The van der Waals surface area contributed by atoms with E-state index < -0.39 is 0 Å². The van der Waals surface area contributed by atoms with Crippen molar-refractivity contribution >= 4 is 34.8 Å². The van der Waals surface area contributed by atoms with Crippen LogP contribution in [-0.4, -0.2) is 20.6 Å². The molecule has 2 aromatic carbocycles. The molecule has 0 radical (unpaired) electrons. The molecule has 3 aromatic rings. The molecule has 5 nitrogen and oxygen atoms in total. The van der Waals surface area contributed by atoms with Crippen LogP contribution in [0.15, 0.2) is 42.5 Å². The number of aromatic nitrogens is 4. The van der Waals surface area contributed by atoms with Crippen LogP contribution in [-0.2, 0) is 6.42 Å². The van der Waals surface area contributed by atoms with Crippen molar-refractivity contribution in [3.63, 3.8) is 0 Å². The van der Waals surface area contributed by atoms with Crippen molar-refractivity contribution in [3.8, 4) is 0 Å². The van der Waals surface area contributed by atoms with Gasteiger partial charge in [-0.2, -0.15) is 5.21 Å². The number of nitrogens with zero attached hydrogens (tertiary/aromatic N) is 3. The van der Waals surface area contributed by atoms with Crippen molar-refractivity contribution in [1.82, 2.24) is 20.6 Å². The van der Waals surface area contributed by atoms with Gasteiger partial charge in [0.15, 0.2) is 0 Å². The fourth-order valence-corrected chi connectivity index (χ4v) is 2.44. The number of hydrogen-bond acceptors (Lipinski definition) is 4. The standard InChI is InChI=1S/C14H11Cl2N5/c15-12-10(8-9-4-2-1-3-5-9)6-7-11(13(12)16)17-14-18-20-21-19-14/h1-7H,8H2,(H2,17,18,19,20,21). The predicted molar refractivity (Wildman–Crippen MR) is 83.2 cm³/mol. The Morgan fingerprint density at radius 3 is 2.52 bits per heavy atom. The molecule has 0 saturated carbocycles. The molecule has 0 saturated heterocycles.